The second kappa shape index (κ2) is 6.33. The Labute approximate surface area is 148 Å². The van der Waals surface area contributed by atoms with E-state index >= 15 is 0 Å². The zero-order valence-corrected chi connectivity index (χ0v) is 14.3. The summed E-state index contributed by atoms with van der Waals surface area (Å²) in [6, 6.07) is 8.00. The Kier molecular flexibility index (Phi) is 3.99. The highest BCUT2D eigenvalue weighted by molar-refractivity contribution is 5.97. The van der Waals surface area contributed by atoms with Gasteiger partial charge in [0.05, 0.1) is 0 Å². The SMILES string of the molecule is Cc1ccc(F)c2oc(C(=O)N3CCN(c4cc[nH]c(=O)c4)CC3)cc12. The zero-order chi connectivity index (χ0) is 18.3. The number of hydrogen-bond donors (Lipinski definition) is 1. The molecule has 0 radical (unpaired) electrons. The molecule has 4 rings (SSSR count). The number of aryl methyl sites for hydroxylation is 1. The molecule has 3 heterocycles. The molecule has 1 aliphatic rings. The second-order valence-electron chi connectivity index (χ2n) is 6.41. The summed E-state index contributed by atoms with van der Waals surface area (Å²) in [7, 11) is 0. The molecular weight excluding hydrogens is 337 g/mol. The Bertz CT molecular complexity index is 993. The summed E-state index contributed by atoms with van der Waals surface area (Å²) in [5.74, 6) is -0.563. The number of fused-ring (bicyclic) bond motifs is 1. The van der Waals surface area contributed by atoms with Gasteiger partial charge in [-0.05, 0) is 30.7 Å². The van der Waals surface area contributed by atoms with Crippen LogP contribution in [0.2, 0.25) is 0 Å². The molecule has 0 saturated carbocycles. The lowest BCUT2D eigenvalue weighted by molar-refractivity contribution is 0.0717. The molecule has 134 valence electrons. The first-order chi connectivity index (χ1) is 12.5. The lowest BCUT2D eigenvalue weighted by Crippen LogP contribution is -2.48. The van der Waals surface area contributed by atoms with Gasteiger partial charge in [0, 0.05) is 49.5 Å². The van der Waals surface area contributed by atoms with E-state index in [9.17, 15) is 14.0 Å². The van der Waals surface area contributed by atoms with Crippen LogP contribution in [0.1, 0.15) is 16.1 Å². The number of H-pyrrole nitrogens is 1. The van der Waals surface area contributed by atoms with E-state index in [0.29, 0.717) is 31.6 Å². The quantitative estimate of drug-likeness (QED) is 0.767. The summed E-state index contributed by atoms with van der Waals surface area (Å²) >= 11 is 0. The molecule has 7 heteroatoms. The summed E-state index contributed by atoms with van der Waals surface area (Å²) < 4.78 is 19.4. The number of nitrogens with one attached hydrogen (secondary N) is 1. The molecule has 3 aromatic rings. The van der Waals surface area contributed by atoms with Crippen LogP contribution in [0.5, 0.6) is 0 Å². The van der Waals surface area contributed by atoms with Crippen molar-refractivity contribution in [2.75, 3.05) is 31.1 Å². The van der Waals surface area contributed by atoms with Gasteiger partial charge in [-0.1, -0.05) is 6.07 Å². The fourth-order valence-corrected chi connectivity index (χ4v) is 3.28. The minimum Gasteiger partial charge on any atom is -0.448 e. The van der Waals surface area contributed by atoms with Crippen molar-refractivity contribution in [3.05, 3.63) is 64.0 Å². The Balaban J connectivity index is 1.51. The minimum absolute atomic E-state index is 0.121. The van der Waals surface area contributed by atoms with Crippen LogP contribution in [0.15, 0.2) is 45.7 Å². The standard InChI is InChI=1S/C19H18FN3O3/c1-12-2-3-15(20)18-14(12)11-16(26-18)19(25)23-8-6-22(7-9-23)13-4-5-21-17(24)10-13/h2-5,10-11H,6-9H2,1H3,(H,21,24). The number of aromatic nitrogens is 1. The maximum absolute atomic E-state index is 13.9. The number of nitrogens with zero attached hydrogens (tertiary/aromatic N) is 2. The highest BCUT2D eigenvalue weighted by Gasteiger charge is 2.25. The number of rotatable bonds is 2. The van der Waals surface area contributed by atoms with Gasteiger partial charge >= 0.3 is 0 Å². The summed E-state index contributed by atoms with van der Waals surface area (Å²) in [6.45, 7) is 4.09. The van der Waals surface area contributed by atoms with Gasteiger partial charge < -0.3 is 19.2 Å². The smallest absolute Gasteiger partial charge is 0.289 e. The van der Waals surface area contributed by atoms with Gasteiger partial charge in [0.15, 0.2) is 17.2 Å². The number of aromatic amines is 1. The molecular formula is C19H18FN3O3. The van der Waals surface area contributed by atoms with Crippen molar-refractivity contribution >= 4 is 22.6 Å². The van der Waals surface area contributed by atoms with Crippen molar-refractivity contribution in [2.24, 2.45) is 0 Å². The number of benzene rings is 1. The van der Waals surface area contributed by atoms with Crippen LogP contribution in [0.3, 0.4) is 0 Å². The average molecular weight is 355 g/mol. The van der Waals surface area contributed by atoms with Crippen molar-refractivity contribution in [1.29, 1.82) is 0 Å². The van der Waals surface area contributed by atoms with Gasteiger partial charge in [0.2, 0.25) is 5.56 Å². The van der Waals surface area contributed by atoms with Crippen LogP contribution >= 0.6 is 0 Å². The average Bonchev–Trinajstić information content (AvgIpc) is 3.11. The fraction of sp³-hybridized carbons (Fsp3) is 0.263. The molecule has 1 amide bonds. The topological polar surface area (TPSA) is 69.6 Å². The van der Waals surface area contributed by atoms with Gasteiger partial charge in [0.1, 0.15) is 0 Å². The Hall–Kier alpha value is -3.09. The molecule has 6 nitrogen and oxygen atoms in total. The van der Waals surface area contributed by atoms with E-state index in [1.165, 1.54) is 6.07 Å². The van der Waals surface area contributed by atoms with E-state index in [1.54, 1.807) is 29.3 Å². The third-order valence-corrected chi connectivity index (χ3v) is 4.75. The van der Waals surface area contributed by atoms with E-state index in [2.05, 4.69) is 9.88 Å². The monoisotopic (exact) mass is 355 g/mol. The third-order valence-electron chi connectivity index (χ3n) is 4.75. The Morgan fingerprint density at radius 2 is 1.92 bits per heavy atom. The zero-order valence-electron chi connectivity index (χ0n) is 14.3. The number of amides is 1. The molecule has 0 aliphatic carbocycles. The number of pyridine rings is 1. The maximum atomic E-state index is 13.9. The Morgan fingerprint density at radius 3 is 2.62 bits per heavy atom. The fourth-order valence-electron chi connectivity index (χ4n) is 3.28. The van der Waals surface area contributed by atoms with Gasteiger partial charge in [-0.2, -0.15) is 0 Å². The number of piperazine rings is 1. The lowest BCUT2D eigenvalue weighted by atomic mass is 10.1. The molecule has 1 aromatic carbocycles. The normalized spacial score (nSPS) is 14.8. The van der Waals surface area contributed by atoms with E-state index in [4.69, 9.17) is 4.42 Å². The number of hydrogen-bond acceptors (Lipinski definition) is 4. The third kappa shape index (κ3) is 2.85. The van der Waals surface area contributed by atoms with Gasteiger partial charge in [0.25, 0.3) is 5.91 Å². The maximum Gasteiger partial charge on any atom is 0.289 e. The number of furan rings is 1. The molecule has 0 bridgehead atoms. The van der Waals surface area contributed by atoms with Crippen molar-refractivity contribution in [3.63, 3.8) is 0 Å². The molecule has 1 aliphatic heterocycles. The molecule has 26 heavy (non-hydrogen) atoms. The highest BCUT2D eigenvalue weighted by Crippen LogP contribution is 2.26. The lowest BCUT2D eigenvalue weighted by Gasteiger charge is -2.35. The summed E-state index contributed by atoms with van der Waals surface area (Å²) in [5.41, 5.74) is 1.67. The molecule has 1 saturated heterocycles. The van der Waals surface area contributed by atoms with Crippen LogP contribution in [0.25, 0.3) is 11.0 Å². The van der Waals surface area contributed by atoms with Gasteiger partial charge in [-0.15, -0.1) is 0 Å². The van der Waals surface area contributed by atoms with Crippen molar-refractivity contribution < 1.29 is 13.6 Å². The summed E-state index contributed by atoms with van der Waals surface area (Å²) in [6.07, 6.45) is 1.61. The van der Waals surface area contributed by atoms with E-state index in [-0.39, 0.29) is 22.8 Å². The first kappa shape index (κ1) is 16.4. The van der Waals surface area contributed by atoms with Crippen LogP contribution in [0.4, 0.5) is 10.1 Å². The Morgan fingerprint density at radius 1 is 1.15 bits per heavy atom. The van der Waals surface area contributed by atoms with Crippen molar-refractivity contribution in [1.82, 2.24) is 9.88 Å². The molecule has 2 aromatic heterocycles. The largest absolute Gasteiger partial charge is 0.448 e. The number of carbonyl (C=O) groups is 1. The number of anilines is 1. The van der Waals surface area contributed by atoms with Crippen LogP contribution in [-0.4, -0.2) is 42.0 Å². The van der Waals surface area contributed by atoms with Crippen LogP contribution in [0, 0.1) is 12.7 Å². The van der Waals surface area contributed by atoms with Crippen LogP contribution in [-0.2, 0) is 0 Å². The molecule has 0 spiro atoms. The second-order valence-corrected chi connectivity index (χ2v) is 6.41. The van der Waals surface area contributed by atoms with Crippen LogP contribution < -0.4 is 10.5 Å². The summed E-state index contributed by atoms with van der Waals surface area (Å²) in [4.78, 5) is 30.5. The van der Waals surface area contributed by atoms with Crippen molar-refractivity contribution in [2.45, 2.75) is 6.92 Å². The highest BCUT2D eigenvalue weighted by atomic mass is 19.1. The van der Waals surface area contributed by atoms with Gasteiger partial charge in [-0.3, -0.25) is 9.59 Å². The van der Waals surface area contributed by atoms with Gasteiger partial charge in [-0.25, -0.2) is 4.39 Å². The summed E-state index contributed by atoms with van der Waals surface area (Å²) in [5, 5.41) is 0.621. The number of halogens is 1. The van der Waals surface area contributed by atoms with E-state index in [1.807, 2.05) is 13.0 Å². The van der Waals surface area contributed by atoms with E-state index in [0.717, 1.165) is 11.3 Å². The minimum atomic E-state index is -0.469. The van der Waals surface area contributed by atoms with Crippen molar-refractivity contribution in [3.8, 4) is 0 Å². The molecule has 1 fully saturated rings. The predicted molar refractivity (Wildman–Crippen MR) is 96.1 cm³/mol. The van der Waals surface area contributed by atoms with E-state index < -0.39 is 5.82 Å². The molecule has 0 atom stereocenters. The first-order valence-corrected chi connectivity index (χ1v) is 8.44. The molecule has 0 unspecified atom stereocenters. The predicted octanol–water partition coefficient (Wildman–Crippen LogP) is 2.53. The number of carbonyl (C=O) groups excluding carboxylic acids is 1. The molecule has 1 N–H and O–H groups in total. The first-order valence-electron chi connectivity index (χ1n) is 8.44.